The number of carbonyl (C=O) groups excluding carboxylic acids is 2. The van der Waals surface area contributed by atoms with E-state index in [9.17, 15) is 35.9 Å². The molecule has 1 aliphatic rings. The monoisotopic (exact) mass is 527 g/mol. The van der Waals surface area contributed by atoms with E-state index in [0.717, 1.165) is 0 Å². The second-order valence-electron chi connectivity index (χ2n) is 8.42. The number of anilines is 2. The summed E-state index contributed by atoms with van der Waals surface area (Å²) in [5.41, 5.74) is -2.61. The quantitative estimate of drug-likeness (QED) is 0.428. The fourth-order valence-electron chi connectivity index (χ4n) is 3.82. The van der Waals surface area contributed by atoms with Crippen LogP contribution in [0, 0.1) is 13.8 Å². The van der Waals surface area contributed by atoms with Crippen molar-refractivity contribution in [3.8, 4) is 5.75 Å². The molecule has 37 heavy (non-hydrogen) atoms. The van der Waals surface area contributed by atoms with E-state index >= 15 is 0 Å². The Morgan fingerprint density at radius 1 is 1.03 bits per heavy atom. The van der Waals surface area contributed by atoms with Gasteiger partial charge in [0.25, 0.3) is 11.8 Å². The van der Waals surface area contributed by atoms with Gasteiger partial charge in [0.2, 0.25) is 0 Å². The fourth-order valence-corrected chi connectivity index (χ4v) is 3.82. The molecule has 1 aromatic heterocycles. The zero-order valence-corrected chi connectivity index (χ0v) is 19.5. The predicted octanol–water partition coefficient (Wildman–Crippen LogP) is 5.90. The maximum absolute atomic E-state index is 13.2. The lowest BCUT2D eigenvalue weighted by atomic mass is 10.0. The Morgan fingerprint density at radius 2 is 1.65 bits per heavy atom. The first kappa shape index (κ1) is 26.0. The third-order valence-corrected chi connectivity index (χ3v) is 5.77. The van der Waals surface area contributed by atoms with Crippen LogP contribution in [0.4, 0.5) is 37.7 Å². The van der Waals surface area contributed by atoms with Gasteiger partial charge >= 0.3 is 12.4 Å². The van der Waals surface area contributed by atoms with Crippen molar-refractivity contribution in [2.45, 2.75) is 45.8 Å². The highest BCUT2D eigenvalue weighted by Gasteiger charge is 2.38. The Morgan fingerprint density at radius 3 is 2.19 bits per heavy atom. The molecule has 3 aromatic rings. The van der Waals surface area contributed by atoms with Gasteiger partial charge in [0.05, 0.1) is 29.1 Å². The van der Waals surface area contributed by atoms with Crippen LogP contribution in [0.15, 0.2) is 40.9 Å². The highest BCUT2D eigenvalue weighted by molar-refractivity contribution is 6.06. The standard InChI is InChI=1S/C24H19F6N3O4/c1-11-18(12(2)37-32-11)10-33-19-9-17(4-5-20(19)36-13(3)22(33)35)31-21(34)14-6-15(23(25,26)27)8-16(7-14)24(28,29)30/h4-9,13H,10H2,1-3H3,(H,31,34). The van der Waals surface area contributed by atoms with Crippen molar-refractivity contribution in [2.75, 3.05) is 10.2 Å². The lowest BCUT2D eigenvalue weighted by Gasteiger charge is -2.33. The number of ether oxygens (including phenoxy) is 1. The SMILES string of the molecule is Cc1noc(C)c1CN1C(=O)C(C)Oc2ccc(NC(=O)c3cc(C(F)(F)F)cc(C(F)(F)F)c3)cc21. The topological polar surface area (TPSA) is 84.7 Å². The number of aryl methyl sites for hydroxylation is 2. The van der Waals surface area contributed by atoms with Crippen LogP contribution >= 0.6 is 0 Å². The summed E-state index contributed by atoms with van der Waals surface area (Å²) in [6, 6.07) is 4.73. The average Bonchev–Trinajstić information content (AvgIpc) is 3.12. The van der Waals surface area contributed by atoms with Gasteiger partial charge in [-0.2, -0.15) is 26.3 Å². The highest BCUT2D eigenvalue weighted by atomic mass is 19.4. The van der Waals surface area contributed by atoms with E-state index in [1.807, 2.05) is 0 Å². The lowest BCUT2D eigenvalue weighted by Crippen LogP contribution is -2.44. The van der Waals surface area contributed by atoms with Gasteiger partial charge in [0.15, 0.2) is 6.10 Å². The number of hydrogen-bond donors (Lipinski definition) is 1. The van der Waals surface area contributed by atoms with Crippen LogP contribution in [-0.2, 0) is 23.7 Å². The number of amides is 2. The number of halogens is 6. The molecule has 2 aromatic carbocycles. The van der Waals surface area contributed by atoms with Gasteiger partial charge in [-0.15, -0.1) is 0 Å². The first-order valence-corrected chi connectivity index (χ1v) is 10.8. The van der Waals surface area contributed by atoms with E-state index in [2.05, 4.69) is 10.5 Å². The van der Waals surface area contributed by atoms with Crippen molar-refractivity contribution in [3.63, 3.8) is 0 Å². The molecule has 196 valence electrons. The molecule has 13 heteroatoms. The molecule has 0 saturated carbocycles. The third kappa shape index (κ3) is 5.25. The molecule has 1 aliphatic heterocycles. The molecule has 2 amide bonds. The van der Waals surface area contributed by atoms with Gasteiger partial charge in [0.1, 0.15) is 11.5 Å². The van der Waals surface area contributed by atoms with Crippen molar-refractivity contribution < 1.29 is 45.2 Å². The predicted molar refractivity (Wildman–Crippen MR) is 118 cm³/mol. The molecule has 0 radical (unpaired) electrons. The number of nitrogens with one attached hydrogen (secondary N) is 1. The van der Waals surface area contributed by atoms with E-state index < -0.39 is 47.0 Å². The van der Waals surface area contributed by atoms with Crippen molar-refractivity contribution in [1.82, 2.24) is 5.16 Å². The molecule has 1 atom stereocenters. The van der Waals surface area contributed by atoms with E-state index in [4.69, 9.17) is 9.26 Å². The summed E-state index contributed by atoms with van der Waals surface area (Å²) in [7, 11) is 0. The maximum atomic E-state index is 13.2. The maximum Gasteiger partial charge on any atom is 0.416 e. The molecule has 0 aliphatic carbocycles. The van der Waals surface area contributed by atoms with Gasteiger partial charge in [-0.1, -0.05) is 5.16 Å². The van der Waals surface area contributed by atoms with Gasteiger partial charge in [-0.3, -0.25) is 9.59 Å². The zero-order chi connectivity index (χ0) is 27.3. The lowest BCUT2D eigenvalue weighted by molar-refractivity contribution is -0.143. The van der Waals surface area contributed by atoms with E-state index in [1.165, 1.54) is 23.1 Å². The Hall–Kier alpha value is -4.03. The van der Waals surface area contributed by atoms with Gasteiger partial charge in [0, 0.05) is 16.8 Å². The molecule has 1 unspecified atom stereocenters. The van der Waals surface area contributed by atoms with Gasteiger partial charge in [-0.25, -0.2) is 0 Å². The second kappa shape index (κ2) is 9.12. The van der Waals surface area contributed by atoms with E-state index in [0.29, 0.717) is 29.2 Å². The largest absolute Gasteiger partial charge is 0.479 e. The van der Waals surface area contributed by atoms with Crippen LogP contribution in [0.5, 0.6) is 5.75 Å². The number of hydrogen-bond acceptors (Lipinski definition) is 5. The number of rotatable bonds is 4. The first-order valence-electron chi connectivity index (χ1n) is 10.8. The third-order valence-electron chi connectivity index (χ3n) is 5.77. The minimum absolute atomic E-state index is 0.0180. The van der Waals surface area contributed by atoms with Gasteiger partial charge in [-0.05, 0) is 57.2 Å². The molecular formula is C24H19F6N3O4. The molecule has 0 spiro atoms. The molecule has 1 N–H and O–H groups in total. The Kier molecular flexibility index (Phi) is 6.42. The van der Waals surface area contributed by atoms with Crippen LogP contribution in [-0.4, -0.2) is 23.1 Å². The summed E-state index contributed by atoms with van der Waals surface area (Å²) in [4.78, 5) is 27.0. The Bertz CT molecular complexity index is 1330. The van der Waals surface area contributed by atoms with E-state index in [-0.39, 0.29) is 29.7 Å². The number of fused-ring (bicyclic) bond motifs is 1. The first-order chi connectivity index (χ1) is 17.1. The van der Waals surface area contributed by atoms with Crippen LogP contribution < -0.4 is 15.0 Å². The summed E-state index contributed by atoms with van der Waals surface area (Å²) in [6.07, 6.45) is -11.0. The molecule has 7 nitrogen and oxygen atoms in total. The Labute approximate surface area is 206 Å². The van der Waals surface area contributed by atoms with Crippen LogP contribution in [0.25, 0.3) is 0 Å². The van der Waals surface area contributed by atoms with Crippen LogP contribution in [0.1, 0.15) is 45.4 Å². The number of carbonyl (C=O) groups is 2. The summed E-state index contributed by atoms with van der Waals surface area (Å²) < 4.78 is 89.8. The molecule has 0 bridgehead atoms. The summed E-state index contributed by atoms with van der Waals surface area (Å²) in [6.45, 7) is 4.97. The van der Waals surface area contributed by atoms with Crippen molar-refractivity contribution in [1.29, 1.82) is 0 Å². The van der Waals surface area contributed by atoms with Gasteiger partial charge < -0.3 is 19.5 Å². The number of nitrogens with zero attached hydrogens (tertiary/aromatic N) is 2. The molecular weight excluding hydrogens is 508 g/mol. The summed E-state index contributed by atoms with van der Waals surface area (Å²) in [5.74, 6) is -0.843. The zero-order valence-electron chi connectivity index (χ0n) is 19.5. The van der Waals surface area contributed by atoms with Crippen molar-refractivity contribution in [2.24, 2.45) is 0 Å². The second-order valence-corrected chi connectivity index (χ2v) is 8.42. The summed E-state index contributed by atoms with van der Waals surface area (Å²) >= 11 is 0. The fraction of sp³-hybridized carbons (Fsp3) is 0.292. The minimum Gasteiger partial charge on any atom is -0.479 e. The Balaban J connectivity index is 1.68. The van der Waals surface area contributed by atoms with E-state index in [1.54, 1.807) is 20.8 Å². The van der Waals surface area contributed by atoms with Crippen LogP contribution in [0.3, 0.4) is 0 Å². The van der Waals surface area contributed by atoms with Crippen molar-refractivity contribution in [3.05, 3.63) is 70.1 Å². The average molecular weight is 527 g/mol. The minimum atomic E-state index is -5.10. The number of benzene rings is 2. The summed E-state index contributed by atoms with van der Waals surface area (Å²) in [5, 5.41) is 6.16. The normalized spacial score (nSPS) is 15.9. The number of alkyl halides is 6. The molecule has 4 rings (SSSR count). The smallest absolute Gasteiger partial charge is 0.416 e. The molecule has 2 heterocycles. The van der Waals surface area contributed by atoms with Crippen LogP contribution in [0.2, 0.25) is 0 Å². The molecule has 0 fully saturated rings. The highest BCUT2D eigenvalue weighted by Crippen LogP contribution is 2.39. The van der Waals surface area contributed by atoms with Crippen molar-refractivity contribution >= 4 is 23.2 Å². The number of aromatic nitrogens is 1. The molecule has 0 saturated heterocycles.